The second-order valence-corrected chi connectivity index (χ2v) is 6.15. The molecule has 0 aliphatic heterocycles. The number of aliphatic imine (C=N–C) groups is 1. The summed E-state index contributed by atoms with van der Waals surface area (Å²) in [5, 5.41) is 3.12. The molecule has 1 aromatic rings. The highest BCUT2D eigenvalue weighted by Gasteiger charge is 2.32. The summed E-state index contributed by atoms with van der Waals surface area (Å²) in [6, 6.07) is 7.65. The monoisotopic (exact) mass is 447 g/mol. The van der Waals surface area contributed by atoms with Gasteiger partial charge in [0.1, 0.15) is 5.75 Å². The minimum Gasteiger partial charge on any atom is -0.497 e. The van der Waals surface area contributed by atoms with Crippen molar-refractivity contribution in [3.8, 4) is 5.75 Å². The summed E-state index contributed by atoms with van der Waals surface area (Å²) in [4.78, 5) is 4.54. The highest BCUT2D eigenvalue weighted by molar-refractivity contribution is 14.0. The van der Waals surface area contributed by atoms with Gasteiger partial charge in [-0.1, -0.05) is 32.3 Å². The van der Waals surface area contributed by atoms with Crippen LogP contribution < -0.4 is 15.8 Å². The normalized spacial score (nSPS) is 17.0. The van der Waals surface area contributed by atoms with Crippen LogP contribution in [-0.4, -0.2) is 31.8 Å². The molecule has 2 rings (SSSR count). The summed E-state index contributed by atoms with van der Waals surface area (Å²) in [6.45, 7) is 3.55. The Labute approximate surface area is 162 Å². The van der Waals surface area contributed by atoms with E-state index in [1.165, 1.54) is 19.3 Å². The lowest BCUT2D eigenvalue weighted by Gasteiger charge is -2.36. The van der Waals surface area contributed by atoms with Crippen molar-refractivity contribution in [2.75, 3.05) is 25.6 Å². The van der Waals surface area contributed by atoms with Crippen molar-refractivity contribution in [1.29, 1.82) is 0 Å². The van der Waals surface area contributed by atoms with Gasteiger partial charge in [-0.25, -0.2) is 0 Å². The Hall–Kier alpha value is -1.02. The Morgan fingerprint density at radius 1 is 1.29 bits per heavy atom. The maximum Gasteiger partial charge on any atom is 0.193 e. The third-order valence-corrected chi connectivity index (χ3v) is 4.26. The minimum atomic E-state index is -0.130. The fraction of sp³-hybridized carbons (Fsp3) is 0.611. The average molecular weight is 447 g/mol. The fourth-order valence-corrected chi connectivity index (χ4v) is 2.98. The largest absolute Gasteiger partial charge is 0.497 e. The van der Waals surface area contributed by atoms with Crippen molar-refractivity contribution >= 4 is 35.6 Å². The van der Waals surface area contributed by atoms with Crippen molar-refractivity contribution < 1.29 is 9.47 Å². The van der Waals surface area contributed by atoms with Crippen LogP contribution in [0.4, 0.5) is 5.69 Å². The lowest BCUT2D eigenvalue weighted by atomic mass is 9.84. The third-order valence-electron chi connectivity index (χ3n) is 4.26. The summed E-state index contributed by atoms with van der Waals surface area (Å²) in [7, 11) is 1.65. The van der Waals surface area contributed by atoms with Crippen molar-refractivity contribution in [3.63, 3.8) is 0 Å². The zero-order valence-corrected chi connectivity index (χ0v) is 17.0. The van der Waals surface area contributed by atoms with Crippen LogP contribution in [0.2, 0.25) is 0 Å². The zero-order valence-electron chi connectivity index (χ0n) is 14.7. The molecule has 1 aliphatic rings. The standard InChI is InChI=1S/C18H29N3O2.HI/c1-3-12-23-18(10-5-4-6-11-18)14-20-17(19)21-15-8-7-9-16(13-15)22-2;/h7-9,13H,3-6,10-12,14H2,1-2H3,(H3,19,20,21);1H. The molecule has 1 fully saturated rings. The number of benzene rings is 1. The van der Waals surface area contributed by atoms with Crippen molar-refractivity contribution in [3.05, 3.63) is 24.3 Å². The van der Waals surface area contributed by atoms with Gasteiger partial charge < -0.3 is 20.5 Å². The molecule has 3 N–H and O–H groups in total. The molecule has 0 saturated heterocycles. The molecule has 0 heterocycles. The predicted octanol–water partition coefficient (Wildman–Crippen LogP) is 4.17. The Balaban J connectivity index is 0.00000288. The van der Waals surface area contributed by atoms with Crippen molar-refractivity contribution in [2.24, 2.45) is 10.7 Å². The molecule has 1 saturated carbocycles. The van der Waals surface area contributed by atoms with E-state index in [4.69, 9.17) is 15.2 Å². The number of methoxy groups -OCH3 is 1. The van der Waals surface area contributed by atoms with Crippen LogP contribution >= 0.6 is 24.0 Å². The number of ether oxygens (including phenoxy) is 2. The third kappa shape index (κ3) is 6.47. The molecule has 1 aromatic carbocycles. The van der Waals surface area contributed by atoms with E-state index in [9.17, 15) is 0 Å². The second-order valence-electron chi connectivity index (χ2n) is 6.15. The lowest BCUT2D eigenvalue weighted by Crippen LogP contribution is -2.39. The van der Waals surface area contributed by atoms with Crippen LogP contribution in [0.5, 0.6) is 5.75 Å². The predicted molar refractivity (Wildman–Crippen MR) is 111 cm³/mol. The SMILES string of the molecule is CCCOC1(CN=C(N)Nc2cccc(OC)c2)CCCCC1.I. The molecular formula is C18H30IN3O2. The molecule has 0 unspecified atom stereocenters. The highest BCUT2D eigenvalue weighted by Crippen LogP contribution is 2.32. The number of nitrogens with zero attached hydrogens (tertiary/aromatic N) is 1. The van der Waals surface area contributed by atoms with Gasteiger partial charge in [0.15, 0.2) is 5.96 Å². The quantitative estimate of drug-likeness (QED) is 0.374. The number of halogens is 1. The highest BCUT2D eigenvalue weighted by atomic mass is 127. The number of nitrogens with one attached hydrogen (secondary N) is 1. The van der Waals surface area contributed by atoms with Gasteiger partial charge in [-0.05, 0) is 31.4 Å². The van der Waals surface area contributed by atoms with E-state index in [1.807, 2.05) is 24.3 Å². The molecule has 6 heteroatoms. The van der Waals surface area contributed by atoms with E-state index >= 15 is 0 Å². The summed E-state index contributed by atoms with van der Waals surface area (Å²) in [5.74, 6) is 1.21. The smallest absolute Gasteiger partial charge is 0.193 e. The van der Waals surface area contributed by atoms with Crippen molar-refractivity contribution in [2.45, 2.75) is 51.0 Å². The molecule has 136 valence electrons. The molecule has 0 radical (unpaired) electrons. The second kappa shape index (κ2) is 10.8. The molecule has 0 aromatic heterocycles. The van der Waals surface area contributed by atoms with Crippen LogP contribution in [0.1, 0.15) is 45.4 Å². The maximum absolute atomic E-state index is 6.15. The van der Waals surface area contributed by atoms with Gasteiger partial charge in [-0.3, -0.25) is 4.99 Å². The zero-order chi connectivity index (χ0) is 16.5. The Bertz CT molecular complexity index is 517. The molecule has 24 heavy (non-hydrogen) atoms. The van der Waals surface area contributed by atoms with E-state index in [0.717, 1.165) is 37.3 Å². The van der Waals surface area contributed by atoms with Gasteiger partial charge in [0.25, 0.3) is 0 Å². The van der Waals surface area contributed by atoms with Gasteiger partial charge in [0.2, 0.25) is 0 Å². The average Bonchev–Trinajstić information content (AvgIpc) is 2.59. The molecule has 0 bridgehead atoms. The molecular weight excluding hydrogens is 417 g/mol. The van der Waals surface area contributed by atoms with Gasteiger partial charge >= 0.3 is 0 Å². The van der Waals surface area contributed by atoms with Gasteiger partial charge in [0.05, 0.1) is 19.3 Å². The number of hydrogen-bond donors (Lipinski definition) is 2. The van der Waals surface area contributed by atoms with Gasteiger partial charge in [-0.15, -0.1) is 24.0 Å². The molecule has 0 spiro atoms. The van der Waals surface area contributed by atoms with E-state index in [0.29, 0.717) is 12.5 Å². The molecule has 1 aliphatic carbocycles. The van der Waals surface area contributed by atoms with E-state index in [2.05, 4.69) is 17.2 Å². The van der Waals surface area contributed by atoms with Crippen LogP contribution in [-0.2, 0) is 4.74 Å². The first-order valence-electron chi connectivity index (χ1n) is 8.52. The van der Waals surface area contributed by atoms with Crippen LogP contribution in [0.3, 0.4) is 0 Å². The number of hydrogen-bond acceptors (Lipinski definition) is 3. The number of anilines is 1. The first-order valence-corrected chi connectivity index (χ1v) is 8.52. The van der Waals surface area contributed by atoms with E-state index in [-0.39, 0.29) is 29.6 Å². The lowest BCUT2D eigenvalue weighted by molar-refractivity contribution is -0.0624. The van der Waals surface area contributed by atoms with Crippen molar-refractivity contribution in [1.82, 2.24) is 0 Å². The minimum absolute atomic E-state index is 0. The van der Waals surface area contributed by atoms with Gasteiger partial charge in [0, 0.05) is 18.4 Å². The van der Waals surface area contributed by atoms with Crippen LogP contribution in [0, 0.1) is 0 Å². The Morgan fingerprint density at radius 2 is 2.04 bits per heavy atom. The fourth-order valence-electron chi connectivity index (χ4n) is 2.98. The van der Waals surface area contributed by atoms with Crippen LogP contribution in [0.15, 0.2) is 29.3 Å². The Morgan fingerprint density at radius 3 is 2.71 bits per heavy atom. The summed E-state index contributed by atoms with van der Waals surface area (Å²) >= 11 is 0. The first-order chi connectivity index (χ1) is 11.2. The van der Waals surface area contributed by atoms with E-state index < -0.39 is 0 Å². The number of guanidine groups is 1. The number of rotatable bonds is 7. The summed E-state index contributed by atoms with van der Waals surface area (Å²) in [6.07, 6.45) is 6.89. The molecule has 5 nitrogen and oxygen atoms in total. The van der Waals surface area contributed by atoms with Gasteiger partial charge in [-0.2, -0.15) is 0 Å². The summed E-state index contributed by atoms with van der Waals surface area (Å²) in [5.41, 5.74) is 6.79. The molecule has 0 atom stereocenters. The number of nitrogens with two attached hydrogens (primary N) is 1. The Kier molecular flexibility index (Phi) is 9.43. The maximum atomic E-state index is 6.15. The van der Waals surface area contributed by atoms with Crippen LogP contribution in [0.25, 0.3) is 0 Å². The molecule has 0 amide bonds. The first kappa shape index (κ1) is 21.0. The summed E-state index contributed by atoms with van der Waals surface area (Å²) < 4.78 is 11.4. The topological polar surface area (TPSA) is 68.9 Å². The van der Waals surface area contributed by atoms with E-state index in [1.54, 1.807) is 7.11 Å².